The lowest BCUT2D eigenvalue weighted by molar-refractivity contribution is -0.387. The highest BCUT2D eigenvalue weighted by atomic mass is 35.5. The number of para-hydroxylation sites is 1. The van der Waals surface area contributed by atoms with Crippen LogP contribution < -0.4 is 19.5 Å². The Kier molecular flexibility index (Phi) is 7.45. The molecule has 0 heterocycles. The fourth-order valence-electron chi connectivity index (χ4n) is 2.90. The molecule has 1 N–H and O–H groups in total. The van der Waals surface area contributed by atoms with Crippen LogP contribution in [0.5, 0.6) is 17.2 Å². The van der Waals surface area contributed by atoms with Gasteiger partial charge in [0.2, 0.25) is 5.75 Å². The number of benzene rings is 3. The number of ether oxygens (including phenoxy) is 3. The lowest BCUT2D eigenvalue weighted by Gasteiger charge is -2.15. The summed E-state index contributed by atoms with van der Waals surface area (Å²) in [5.41, 5.74) is 0.658. The maximum Gasteiger partial charge on any atom is 0.284 e. The van der Waals surface area contributed by atoms with Gasteiger partial charge in [0.25, 0.3) is 11.6 Å². The second kappa shape index (κ2) is 10.3. The van der Waals surface area contributed by atoms with Gasteiger partial charge in [-0.05, 0) is 36.4 Å². The van der Waals surface area contributed by atoms with Crippen LogP contribution in [-0.2, 0) is 0 Å². The van der Waals surface area contributed by atoms with Gasteiger partial charge in [-0.3, -0.25) is 14.9 Å². The minimum Gasteiger partial charge on any atom is -0.493 e. The van der Waals surface area contributed by atoms with Crippen LogP contribution >= 0.6 is 23.4 Å². The zero-order valence-electron chi connectivity index (χ0n) is 17.4. The largest absolute Gasteiger partial charge is 0.493 e. The zero-order valence-corrected chi connectivity index (χ0v) is 19.0. The summed E-state index contributed by atoms with van der Waals surface area (Å²) in [5, 5.41) is 14.5. The average molecular weight is 475 g/mol. The van der Waals surface area contributed by atoms with Gasteiger partial charge in [0.15, 0.2) is 11.5 Å². The van der Waals surface area contributed by atoms with Crippen molar-refractivity contribution in [2.45, 2.75) is 9.79 Å². The summed E-state index contributed by atoms with van der Waals surface area (Å²) in [7, 11) is 4.40. The average Bonchev–Trinajstić information content (AvgIpc) is 2.80. The monoisotopic (exact) mass is 474 g/mol. The van der Waals surface area contributed by atoms with Crippen LogP contribution in [0.3, 0.4) is 0 Å². The second-order valence-corrected chi connectivity index (χ2v) is 7.86. The number of halogens is 1. The molecule has 3 aromatic rings. The van der Waals surface area contributed by atoms with Gasteiger partial charge in [-0.1, -0.05) is 35.5 Å². The van der Waals surface area contributed by atoms with Gasteiger partial charge in [-0.25, -0.2) is 0 Å². The molecule has 0 fully saturated rings. The molecule has 0 radical (unpaired) electrons. The summed E-state index contributed by atoms with van der Waals surface area (Å²) in [6, 6.07) is 14.5. The molecule has 3 rings (SSSR count). The predicted octanol–water partition coefficient (Wildman–Crippen LogP) is 5.68. The van der Waals surface area contributed by atoms with Crippen LogP contribution in [0.4, 0.5) is 11.4 Å². The number of nitrogens with one attached hydrogen (secondary N) is 1. The van der Waals surface area contributed by atoms with Crippen LogP contribution in [0.15, 0.2) is 64.4 Å². The number of carbonyl (C=O) groups is 1. The van der Waals surface area contributed by atoms with Crippen molar-refractivity contribution in [3.63, 3.8) is 0 Å². The number of nitro groups is 1. The van der Waals surface area contributed by atoms with E-state index in [4.69, 9.17) is 25.8 Å². The molecule has 3 aromatic carbocycles. The Morgan fingerprint density at radius 2 is 1.62 bits per heavy atom. The van der Waals surface area contributed by atoms with E-state index in [-0.39, 0.29) is 16.3 Å². The molecule has 0 spiro atoms. The van der Waals surface area contributed by atoms with Crippen molar-refractivity contribution in [1.82, 2.24) is 0 Å². The number of anilines is 1. The number of carbonyl (C=O) groups excluding carboxylic acids is 1. The van der Waals surface area contributed by atoms with E-state index in [1.54, 1.807) is 36.4 Å². The minimum atomic E-state index is -0.495. The van der Waals surface area contributed by atoms with Crippen LogP contribution in [0.1, 0.15) is 10.4 Å². The summed E-state index contributed by atoms with van der Waals surface area (Å²) < 4.78 is 15.9. The molecule has 0 atom stereocenters. The lowest BCUT2D eigenvalue weighted by Crippen LogP contribution is -2.13. The van der Waals surface area contributed by atoms with Crippen molar-refractivity contribution >= 4 is 40.6 Å². The first-order valence-electron chi connectivity index (χ1n) is 9.20. The molecule has 10 heteroatoms. The van der Waals surface area contributed by atoms with E-state index in [1.165, 1.54) is 39.5 Å². The Labute approximate surface area is 193 Å². The van der Waals surface area contributed by atoms with E-state index in [9.17, 15) is 14.9 Å². The Bertz CT molecular complexity index is 1150. The van der Waals surface area contributed by atoms with Gasteiger partial charge >= 0.3 is 0 Å². The van der Waals surface area contributed by atoms with Crippen LogP contribution in [0.25, 0.3) is 0 Å². The maximum absolute atomic E-state index is 13.0. The van der Waals surface area contributed by atoms with Crippen LogP contribution in [-0.4, -0.2) is 32.2 Å². The van der Waals surface area contributed by atoms with Crippen LogP contribution in [0, 0.1) is 10.1 Å². The SMILES string of the molecule is COc1cc(C(=O)Nc2ccccc2Sc2ccc(Cl)cc2[N+](=O)[O-])cc(OC)c1OC. The Hall–Kier alpha value is -3.43. The van der Waals surface area contributed by atoms with E-state index in [1.807, 2.05) is 0 Å². The van der Waals surface area contributed by atoms with E-state index in [2.05, 4.69) is 5.32 Å². The third-order valence-corrected chi connectivity index (χ3v) is 5.78. The van der Waals surface area contributed by atoms with E-state index >= 15 is 0 Å². The molecular weight excluding hydrogens is 456 g/mol. The number of nitrogens with zero attached hydrogens (tertiary/aromatic N) is 1. The summed E-state index contributed by atoms with van der Waals surface area (Å²) in [4.78, 5) is 24.9. The van der Waals surface area contributed by atoms with Crippen molar-refractivity contribution in [3.8, 4) is 17.2 Å². The Morgan fingerprint density at radius 1 is 0.969 bits per heavy atom. The molecule has 8 nitrogen and oxygen atoms in total. The molecule has 32 heavy (non-hydrogen) atoms. The molecule has 0 aliphatic heterocycles. The van der Waals surface area contributed by atoms with Gasteiger partial charge in [0, 0.05) is 21.5 Å². The molecule has 0 aromatic heterocycles. The van der Waals surface area contributed by atoms with Gasteiger partial charge in [-0.15, -0.1) is 0 Å². The van der Waals surface area contributed by atoms with Gasteiger partial charge in [0.05, 0.1) is 36.8 Å². The molecule has 0 aliphatic rings. The first kappa shape index (κ1) is 23.2. The number of hydrogen-bond acceptors (Lipinski definition) is 7. The standard InChI is InChI=1S/C22H19ClN2O6S/c1-29-17-10-13(11-18(30-2)21(17)31-3)22(26)24-15-6-4-5-7-19(15)32-20-9-8-14(23)12-16(20)25(27)28/h4-12H,1-3H3,(H,24,26). The fourth-order valence-corrected chi connectivity index (χ4v) is 4.06. The molecule has 0 aliphatic carbocycles. The van der Waals surface area contributed by atoms with Gasteiger partial charge in [-0.2, -0.15) is 0 Å². The minimum absolute atomic E-state index is 0.117. The molecule has 166 valence electrons. The predicted molar refractivity (Wildman–Crippen MR) is 123 cm³/mol. The topological polar surface area (TPSA) is 99.9 Å². The van der Waals surface area contributed by atoms with E-state index in [0.29, 0.717) is 32.7 Å². The number of methoxy groups -OCH3 is 3. The maximum atomic E-state index is 13.0. The summed E-state index contributed by atoms with van der Waals surface area (Å²) >= 11 is 7.05. The zero-order chi connectivity index (χ0) is 23.3. The lowest BCUT2D eigenvalue weighted by atomic mass is 10.1. The third-order valence-electron chi connectivity index (χ3n) is 4.40. The molecule has 1 amide bonds. The summed E-state index contributed by atoms with van der Waals surface area (Å²) in [6.07, 6.45) is 0. The first-order chi connectivity index (χ1) is 15.4. The quantitative estimate of drug-likeness (QED) is 0.331. The molecular formula is C22H19ClN2O6S. The fraction of sp³-hybridized carbons (Fsp3) is 0.136. The van der Waals surface area contributed by atoms with Crippen LogP contribution in [0.2, 0.25) is 5.02 Å². The Morgan fingerprint density at radius 3 is 2.22 bits per heavy atom. The highest BCUT2D eigenvalue weighted by molar-refractivity contribution is 7.99. The molecule has 0 saturated heterocycles. The normalized spacial score (nSPS) is 10.4. The summed E-state index contributed by atoms with van der Waals surface area (Å²) in [6.45, 7) is 0. The van der Waals surface area contributed by atoms with Crippen molar-refractivity contribution in [2.24, 2.45) is 0 Å². The number of hydrogen-bond donors (Lipinski definition) is 1. The van der Waals surface area contributed by atoms with E-state index in [0.717, 1.165) is 11.8 Å². The van der Waals surface area contributed by atoms with Crippen molar-refractivity contribution < 1.29 is 23.9 Å². The van der Waals surface area contributed by atoms with Gasteiger partial charge < -0.3 is 19.5 Å². The highest BCUT2D eigenvalue weighted by Gasteiger charge is 2.20. The smallest absolute Gasteiger partial charge is 0.284 e. The number of amides is 1. The molecule has 0 bridgehead atoms. The second-order valence-electron chi connectivity index (χ2n) is 6.34. The third kappa shape index (κ3) is 5.06. The number of rotatable bonds is 8. The van der Waals surface area contributed by atoms with Crippen molar-refractivity contribution in [2.75, 3.05) is 26.6 Å². The molecule has 0 saturated carbocycles. The Balaban J connectivity index is 1.92. The van der Waals surface area contributed by atoms with Crippen molar-refractivity contribution in [1.29, 1.82) is 0 Å². The highest BCUT2D eigenvalue weighted by Crippen LogP contribution is 2.41. The number of nitro benzene ring substituents is 1. The van der Waals surface area contributed by atoms with Gasteiger partial charge in [0.1, 0.15) is 0 Å². The van der Waals surface area contributed by atoms with Crippen molar-refractivity contribution in [3.05, 3.63) is 75.3 Å². The first-order valence-corrected chi connectivity index (χ1v) is 10.4. The van der Waals surface area contributed by atoms with E-state index < -0.39 is 10.8 Å². The summed E-state index contributed by atoms with van der Waals surface area (Å²) in [5.74, 6) is 0.647. The molecule has 0 unspecified atom stereocenters.